The van der Waals surface area contributed by atoms with Gasteiger partial charge < -0.3 is 15.0 Å². The molecule has 0 aliphatic carbocycles. The highest BCUT2D eigenvalue weighted by Crippen LogP contribution is 2.23. The molecule has 0 aromatic heterocycles. The molecule has 0 unspecified atom stereocenters. The van der Waals surface area contributed by atoms with Gasteiger partial charge in [0.05, 0.1) is 12.7 Å². The molecule has 0 atom stereocenters. The Morgan fingerprint density at radius 3 is 2.46 bits per heavy atom. The van der Waals surface area contributed by atoms with Crippen LogP contribution in [0.25, 0.3) is 0 Å². The molecule has 5 nitrogen and oxygen atoms in total. The number of piperidine rings is 1. The average Bonchev–Trinajstić information content (AvgIpc) is 2.58. The lowest BCUT2D eigenvalue weighted by Gasteiger charge is -2.32. The molecule has 1 aromatic rings. The molecule has 24 heavy (non-hydrogen) atoms. The molecule has 0 saturated carbocycles. The Morgan fingerprint density at radius 2 is 1.88 bits per heavy atom. The van der Waals surface area contributed by atoms with E-state index in [0.29, 0.717) is 37.2 Å². The molecule has 1 N–H and O–H groups in total. The summed E-state index contributed by atoms with van der Waals surface area (Å²) in [4.78, 5) is 25.0. The topological polar surface area (TPSA) is 58.6 Å². The molecule has 0 spiro atoms. The molecule has 1 aliphatic heterocycles. The van der Waals surface area contributed by atoms with Gasteiger partial charge >= 0.3 is 12.1 Å². The van der Waals surface area contributed by atoms with Crippen LogP contribution < -0.4 is 10.1 Å². The van der Waals surface area contributed by atoms with Crippen LogP contribution in [0.15, 0.2) is 24.3 Å². The highest BCUT2D eigenvalue weighted by Gasteiger charge is 2.38. The van der Waals surface area contributed by atoms with Gasteiger partial charge in [0.25, 0.3) is 5.91 Å². The molecule has 8 heteroatoms. The van der Waals surface area contributed by atoms with Crippen LogP contribution >= 0.6 is 0 Å². The summed E-state index contributed by atoms with van der Waals surface area (Å²) in [7, 11) is 1.49. The van der Waals surface area contributed by atoms with E-state index in [2.05, 4.69) is 0 Å². The molecule has 0 bridgehead atoms. The van der Waals surface area contributed by atoms with Gasteiger partial charge in [0.2, 0.25) is 0 Å². The molecule has 1 fully saturated rings. The Kier molecular flexibility index (Phi) is 5.69. The smallest absolute Gasteiger partial charge is 0.471 e. The van der Waals surface area contributed by atoms with E-state index in [1.54, 1.807) is 29.2 Å². The third kappa shape index (κ3) is 4.39. The maximum atomic E-state index is 12.5. The number of carbonyl (C=O) groups excluding carboxylic acids is 2. The van der Waals surface area contributed by atoms with Crippen LogP contribution in [0.3, 0.4) is 0 Å². The van der Waals surface area contributed by atoms with E-state index in [1.165, 1.54) is 7.11 Å². The SMILES string of the molecule is COc1ccccc1C(=O)N1CCC(CNC(=O)C(F)(F)F)CC1. The van der Waals surface area contributed by atoms with E-state index in [9.17, 15) is 22.8 Å². The van der Waals surface area contributed by atoms with Crippen LogP contribution in [-0.4, -0.2) is 49.6 Å². The molecule has 1 saturated heterocycles. The molecular weight excluding hydrogens is 325 g/mol. The number of ether oxygens (including phenoxy) is 1. The minimum absolute atomic E-state index is 0.0327. The molecule has 0 radical (unpaired) electrons. The Bertz CT molecular complexity index is 596. The van der Waals surface area contributed by atoms with Crippen molar-refractivity contribution in [1.29, 1.82) is 0 Å². The number of alkyl halides is 3. The number of likely N-dealkylation sites (tertiary alicyclic amines) is 1. The van der Waals surface area contributed by atoms with Crippen LogP contribution in [0.5, 0.6) is 5.75 Å². The Labute approximate surface area is 137 Å². The number of carbonyl (C=O) groups is 2. The summed E-state index contributed by atoms with van der Waals surface area (Å²) in [6.45, 7) is 0.835. The number of benzene rings is 1. The van der Waals surface area contributed by atoms with Crippen LogP contribution in [0, 0.1) is 5.92 Å². The van der Waals surface area contributed by atoms with E-state index in [0.717, 1.165) is 0 Å². The molecule has 1 aromatic carbocycles. The van der Waals surface area contributed by atoms with E-state index in [1.807, 2.05) is 5.32 Å². The van der Waals surface area contributed by atoms with Crippen molar-refractivity contribution in [1.82, 2.24) is 10.2 Å². The van der Waals surface area contributed by atoms with Gasteiger partial charge in [-0.1, -0.05) is 12.1 Å². The largest absolute Gasteiger partial charge is 0.496 e. The highest BCUT2D eigenvalue weighted by molar-refractivity contribution is 5.97. The van der Waals surface area contributed by atoms with Crippen molar-refractivity contribution in [3.63, 3.8) is 0 Å². The summed E-state index contributed by atoms with van der Waals surface area (Å²) in [6, 6.07) is 6.89. The number of amides is 2. The fourth-order valence-electron chi connectivity index (χ4n) is 2.67. The highest BCUT2D eigenvalue weighted by atomic mass is 19.4. The lowest BCUT2D eigenvalue weighted by Crippen LogP contribution is -2.44. The van der Waals surface area contributed by atoms with Crippen molar-refractivity contribution in [3.8, 4) is 5.75 Å². The first-order chi connectivity index (χ1) is 11.3. The number of nitrogens with one attached hydrogen (secondary N) is 1. The summed E-state index contributed by atoms with van der Waals surface area (Å²) in [5.74, 6) is -1.67. The number of nitrogens with zero attached hydrogens (tertiary/aromatic N) is 1. The summed E-state index contributed by atoms with van der Waals surface area (Å²) in [5, 5.41) is 1.90. The van der Waals surface area contributed by atoms with E-state index in [-0.39, 0.29) is 18.4 Å². The van der Waals surface area contributed by atoms with Crippen molar-refractivity contribution < 1.29 is 27.5 Å². The fourth-order valence-corrected chi connectivity index (χ4v) is 2.67. The minimum Gasteiger partial charge on any atom is -0.496 e. The number of para-hydroxylation sites is 1. The normalized spacial score (nSPS) is 15.9. The third-order valence-electron chi connectivity index (χ3n) is 4.05. The number of methoxy groups -OCH3 is 1. The van der Waals surface area contributed by atoms with Crippen LogP contribution in [-0.2, 0) is 4.79 Å². The molecular formula is C16H19F3N2O3. The first-order valence-electron chi connectivity index (χ1n) is 7.60. The van der Waals surface area contributed by atoms with Crippen molar-refractivity contribution >= 4 is 11.8 Å². The summed E-state index contributed by atoms with van der Waals surface area (Å²) in [6.07, 6.45) is -3.78. The Morgan fingerprint density at radius 1 is 1.25 bits per heavy atom. The van der Waals surface area contributed by atoms with Gasteiger partial charge in [-0.25, -0.2) is 0 Å². The first-order valence-corrected chi connectivity index (χ1v) is 7.60. The standard InChI is InChI=1S/C16H19F3N2O3/c1-24-13-5-3-2-4-12(13)14(22)21-8-6-11(7-9-21)10-20-15(23)16(17,18)19/h2-5,11H,6-10H2,1H3,(H,20,23). The lowest BCUT2D eigenvalue weighted by molar-refractivity contribution is -0.173. The number of halogens is 3. The first kappa shape index (κ1) is 18.1. The van der Waals surface area contributed by atoms with Gasteiger partial charge in [-0.05, 0) is 30.9 Å². The number of hydrogen-bond acceptors (Lipinski definition) is 3. The van der Waals surface area contributed by atoms with Crippen LogP contribution in [0.2, 0.25) is 0 Å². The zero-order chi connectivity index (χ0) is 17.7. The van der Waals surface area contributed by atoms with Gasteiger partial charge in [0.15, 0.2) is 0 Å². The molecule has 2 rings (SSSR count). The van der Waals surface area contributed by atoms with Crippen molar-refractivity contribution in [2.45, 2.75) is 19.0 Å². The molecule has 1 aliphatic rings. The maximum absolute atomic E-state index is 12.5. The van der Waals surface area contributed by atoms with Gasteiger partial charge in [-0.15, -0.1) is 0 Å². The van der Waals surface area contributed by atoms with Gasteiger partial charge in [-0.3, -0.25) is 9.59 Å². The predicted octanol–water partition coefficient (Wildman–Crippen LogP) is 2.23. The Hall–Kier alpha value is -2.25. The monoisotopic (exact) mass is 344 g/mol. The second-order valence-electron chi connectivity index (χ2n) is 5.64. The zero-order valence-corrected chi connectivity index (χ0v) is 13.2. The second-order valence-corrected chi connectivity index (χ2v) is 5.64. The second kappa shape index (κ2) is 7.55. The van der Waals surface area contributed by atoms with Crippen LogP contribution in [0.1, 0.15) is 23.2 Å². The molecule has 2 amide bonds. The van der Waals surface area contributed by atoms with Crippen LogP contribution in [0.4, 0.5) is 13.2 Å². The number of rotatable bonds is 4. The number of hydrogen-bond donors (Lipinski definition) is 1. The fraction of sp³-hybridized carbons (Fsp3) is 0.500. The van der Waals surface area contributed by atoms with Crippen molar-refractivity contribution in [3.05, 3.63) is 29.8 Å². The molecule has 1 heterocycles. The van der Waals surface area contributed by atoms with Crippen molar-refractivity contribution in [2.24, 2.45) is 5.92 Å². The quantitative estimate of drug-likeness (QED) is 0.911. The van der Waals surface area contributed by atoms with Gasteiger partial charge in [-0.2, -0.15) is 13.2 Å². The van der Waals surface area contributed by atoms with E-state index < -0.39 is 12.1 Å². The summed E-state index contributed by atoms with van der Waals surface area (Å²) < 4.78 is 41.6. The van der Waals surface area contributed by atoms with E-state index >= 15 is 0 Å². The van der Waals surface area contributed by atoms with Crippen molar-refractivity contribution in [2.75, 3.05) is 26.7 Å². The minimum atomic E-state index is -4.86. The summed E-state index contributed by atoms with van der Waals surface area (Å²) >= 11 is 0. The average molecular weight is 344 g/mol. The van der Waals surface area contributed by atoms with Gasteiger partial charge in [0, 0.05) is 19.6 Å². The Balaban J connectivity index is 1.86. The van der Waals surface area contributed by atoms with Gasteiger partial charge in [0.1, 0.15) is 5.75 Å². The maximum Gasteiger partial charge on any atom is 0.471 e. The lowest BCUT2D eigenvalue weighted by atomic mass is 9.96. The summed E-state index contributed by atoms with van der Waals surface area (Å²) in [5.41, 5.74) is 0.462. The zero-order valence-electron chi connectivity index (χ0n) is 13.2. The van der Waals surface area contributed by atoms with E-state index in [4.69, 9.17) is 4.74 Å². The molecule has 132 valence electrons. The predicted molar refractivity (Wildman–Crippen MR) is 80.7 cm³/mol. The third-order valence-corrected chi connectivity index (χ3v) is 4.05.